The molecule has 1 unspecified atom stereocenters. The largest absolute Gasteiger partial charge is 0.129 e. The summed E-state index contributed by atoms with van der Waals surface area (Å²) in [4.78, 5) is 0. The maximum absolute atomic E-state index is 3.74. The van der Waals surface area contributed by atoms with Gasteiger partial charge in [-0.15, -0.1) is 5.73 Å². The van der Waals surface area contributed by atoms with Crippen molar-refractivity contribution in [3.05, 3.63) is 17.9 Å². The van der Waals surface area contributed by atoms with E-state index < -0.39 is 0 Å². The zero-order valence-corrected chi connectivity index (χ0v) is 7.91. The van der Waals surface area contributed by atoms with Crippen molar-refractivity contribution in [3.63, 3.8) is 0 Å². The zero-order chi connectivity index (χ0) is 8.48. The summed E-state index contributed by atoms with van der Waals surface area (Å²) in [6.07, 6.45) is 3.82. The zero-order valence-electron chi connectivity index (χ0n) is 7.91. The molecule has 0 aromatic rings. The topological polar surface area (TPSA) is 0 Å². The maximum Gasteiger partial charge on any atom is -0.00665 e. The maximum atomic E-state index is 3.74. The van der Waals surface area contributed by atoms with Crippen molar-refractivity contribution in [1.29, 1.82) is 0 Å². The predicted molar refractivity (Wildman–Crippen MR) is 49.4 cm³/mol. The van der Waals surface area contributed by atoms with Gasteiger partial charge < -0.3 is 0 Å². The molecule has 0 nitrogen and oxygen atoms in total. The average Bonchev–Trinajstić information content (AvgIpc) is 1.85. The Kier molecular flexibility index (Phi) is 2.25. The second-order valence-electron chi connectivity index (χ2n) is 4.39. The summed E-state index contributed by atoms with van der Waals surface area (Å²) in [6, 6.07) is 0. The molecular formula is C11H18. The van der Waals surface area contributed by atoms with Crippen molar-refractivity contribution in [1.82, 2.24) is 0 Å². The van der Waals surface area contributed by atoms with E-state index in [-0.39, 0.29) is 0 Å². The van der Waals surface area contributed by atoms with Crippen molar-refractivity contribution in [2.24, 2.45) is 11.3 Å². The van der Waals surface area contributed by atoms with E-state index in [9.17, 15) is 0 Å². The highest BCUT2D eigenvalue weighted by Gasteiger charge is 2.29. The molecular weight excluding hydrogens is 132 g/mol. The number of hydrogen-bond acceptors (Lipinski definition) is 0. The van der Waals surface area contributed by atoms with E-state index >= 15 is 0 Å². The molecule has 1 rings (SSSR count). The molecule has 0 saturated heterocycles. The Morgan fingerprint density at radius 2 is 2.18 bits per heavy atom. The Balaban J connectivity index is 2.80. The molecule has 0 aromatic carbocycles. The van der Waals surface area contributed by atoms with Crippen molar-refractivity contribution in [3.8, 4) is 0 Å². The number of hydrogen-bond donors (Lipinski definition) is 0. The minimum absolute atomic E-state index is 0.361. The predicted octanol–water partition coefficient (Wildman–Crippen LogP) is 3.54. The number of allylic oxidation sites excluding steroid dienone is 1. The second-order valence-corrected chi connectivity index (χ2v) is 4.39. The van der Waals surface area contributed by atoms with E-state index in [1.807, 2.05) is 0 Å². The first-order valence-electron chi connectivity index (χ1n) is 4.45. The van der Waals surface area contributed by atoms with Crippen molar-refractivity contribution in [2.75, 3.05) is 0 Å². The lowest BCUT2D eigenvalue weighted by atomic mass is 9.70. The second kappa shape index (κ2) is 2.87. The Hall–Kier alpha value is -0.480. The molecule has 0 amide bonds. The molecule has 1 atom stereocenters. The summed E-state index contributed by atoms with van der Waals surface area (Å²) in [5.41, 5.74) is 4.87. The highest BCUT2D eigenvalue weighted by molar-refractivity contribution is 5.13. The van der Waals surface area contributed by atoms with Crippen LogP contribution in [0.25, 0.3) is 0 Å². The van der Waals surface area contributed by atoms with Crippen LogP contribution in [0.5, 0.6) is 0 Å². The van der Waals surface area contributed by atoms with Crippen LogP contribution < -0.4 is 0 Å². The Labute approximate surface area is 70.0 Å². The summed E-state index contributed by atoms with van der Waals surface area (Å²) in [6.45, 7) is 10.7. The molecule has 0 heterocycles. The first kappa shape index (κ1) is 8.62. The van der Waals surface area contributed by atoms with E-state index in [1.165, 1.54) is 24.8 Å². The van der Waals surface area contributed by atoms with Crippen LogP contribution in [0.2, 0.25) is 0 Å². The number of rotatable bonds is 0. The molecule has 1 aliphatic carbocycles. The van der Waals surface area contributed by atoms with Crippen LogP contribution in [0.4, 0.5) is 0 Å². The highest BCUT2D eigenvalue weighted by Crippen LogP contribution is 2.41. The molecule has 0 spiro atoms. The van der Waals surface area contributed by atoms with E-state index in [2.05, 4.69) is 33.1 Å². The Bertz CT molecular complexity index is 192. The van der Waals surface area contributed by atoms with Gasteiger partial charge in [-0.1, -0.05) is 27.4 Å². The lowest BCUT2D eigenvalue weighted by Crippen LogP contribution is -2.23. The lowest BCUT2D eigenvalue weighted by Gasteiger charge is -2.35. The van der Waals surface area contributed by atoms with Crippen LogP contribution in [0, 0.1) is 11.3 Å². The van der Waals surface area contributed by atoms with Crippen LogP contribution in [-0.2, 0) is 0 Å². The van der Waals surface area contributed by atoms with Gasteiger partial charge in [-0.2, -0.15) is 0 Å². The minimum Gasteiger partial charge on any atom is -0.129 e. The Morgan fingerprint density at radius 3 is 2.64 bits per heavy atom. The van der Waals surface area contributed by atoms with Gasteiger partial charge in [0.1, 0.15) is 0 Å². The quantitative estimate of drug-likeness (QED) is 0.463. The standard InChI is InChI=1S/C11H18/c1-5-10-7-6-9(2)8-11(10,3)4/h9H,1,6-8H2,2-4H3. The molecule has 0 radical (unpaired) electrons. The summed E-state index contributed by atoms with van der Waals surface area (Å²) in [5, 5.41) is 0. The van der Waals surface area contributed by atoms with Crippen LogP contribution in [0.1, 0.15) is 40.0 Å². The van der Waals surface area contributed by atoms with Gasteiger partial charge in [0.2, 0.25) is 0 Å². The average molecular weight is 150 g/mol. The fourth-order valence-corrected chi connectivity index (χ4v) is 2.15. The van der Waals surface area contributed by atoms with Crippen LogP contribution in [-0.4, -0.2) is 0 Å². The van der Waals surface area contributed by atoms with Gasteiger partial charge in [0, 0.05) is 0 Å². The van der Waals surface area contributed by atoms with Gasteiger partial charge in [0.25, 0.3) is 0 Å². The summed E-state index contributed by atoms with van der Waals surface area (Å²) in [5.74, 6) is 0.877. The van der Waals surface area contributed by atoms with Gasteiger partial charge in [0.15, 0.2) is 0 Å². The third kappa shape index (κ3) is 1.75. The molecule has 62 valence electrons. The first-order valence-corrected chi connectivity index (χ1v) is 4.45. The highest BCUT2D eigenvalue weighted by atomic mass is 14.3. The molecule has 1 saturated carbocycles. The van der Waals surface area contributed by atoms with Gasteiger partial charge >= 0.3 is 0 Å². The minimum atomic E-state index is 0.361. The van der Waals surface area contributed by atoms with Gasteiger partial charge in [-0.05, 0) is 36.2 Å². The van der Waals surface area contributed by atoms with E-state index in [1.54, 1.807) is 0 Å². The fraction of sp³-hybridized carbons (Fsp3) is 0.727. The monoisotopic (exact) mass is 150 g/mol. The molecule has 0 N–H and O–H groups in total. The molecule has 0 aromatic heterocycles. The van der Waals surface area contributed by atoms with Crippen LogP contribution in [0.3, 0.4) is 0 Å². The van der Waals surface area contributed by atoms with E-state index in [0.717, 1.165) is 5.92 Å². The Morgan fingerprint density at radius 1 is 1.55 bits per heavy atom. The van der Waals surface area contributed by atoms with Crippen molar-refractivity contribution < 1.29 is 0 Å². The molecule has 0 heteroatoms. The lowest BCUT2D eigenvalue weighted by molar-refractivity contribution is 0.267. The van der Waals surface area contributed by atoms with Crippen molar-refractivity contribution in [2.45, 2.75) is 40.0 Å². The molecule has 1 aliphatic rings. The van der Waals surface area contributed by atoms with Gasteiger partial charge in [-0.25, -0.2) is 0 Å². The molecule has 0 bridgehead atoms. The third-order valence-electron chi connectivity index (χ3n) is 2.78. The SMILES string of the molecule is C=C=C1CCC(C)CC1(C)C. The summed E-state index contributed by atoms with van der Waals surface area (Å²) < 4.78 is 0. The molecule has 11 heavy (non-hydrogen) atoms. The van der Waals surface area contributed by atoms with Gasteiger partial charge in [-0.3, -0.25) is 0 Å². The first-order chi connectivity index (χ1) is 5.06. The summed E-state index contributed by atoms with van der Waals surface area (Å²) >= 11 is 0. The summed E-state index contributed by atoms with van der Waals surface area (Å²) in [7, 11) is 0. The fourth-order valence-electron chi connectivity index (χ4n) is 2.15. The van der Waals surface area contributed by atoms with Gasteiger partial charge in [0.05, 0.1) is 0 Å². The van der Waals surface area contributed by atoms with Crippen molar-refractivity contribution >= 4 is 0 Å². The normalized spacial score (nSPS) is 29.7. The van der Waals surface area contributed by atoms with Crippen LogP contribution >= 0.6 is 0 Å². The van der Waals surface area contributed by atoms with E-state index in [0.29, 0.717) is 5.41 Å². The van der Waals surface area contributed by atoms with Crippen LogP contribution in [0.15, 0.2) is 17.9 Å². The molecule has 1 fully saturated rings. The molecule has 0 aliphatic heterocycles. The van der Waals surface area contributed by atoms with E-state index in [4.69, 9.17) is 0 Å². The third-order valence-corrected chi connectivity index (χ3v) is 2.78. The smallest absolute Gasteiger partial charge is 0.00665 e.